The van der Waals surface area contributed by atoms with Gasteiger partial charge in [-0.3, -0.25) is 10.1 Å². The lowest BCUT2D eigenvalue weighted by Gasteiger charge is -2.01. The van der Waals surface area contributed by atoms with E-state index in [1.165, 1.54) is 35.2 Å². The van der Waals surface area contributed by atoms with E-state index in [-0.39, 0.29) is 23.5 Å². The summed E-state index contributed by atoms with van der Waals surface area (Å²) >= 11 is 6.10. The normalized spacial score (nSPS) is 10.7. The van der Waals surface area contributed by atoms with E-state index >= 15 is 0 Å². The van der Waals surface area contributed by atoms with Crippen molar-refractivity contribution in [1.82, 2.24) is 10.2 Å². The summed E-state index contributed by atoms with van der Waals surface area (Å²) in [4.78, 5) is 13.5. The van der Waals surface area contributed by atoms with Crippen LogP contribution in [0.5, 0.6) is 0 Å². The van der Waals surface area contributed by atoms with Gasteiger partial charge in [0.15, 0.2) is 0 Å². The summed E-state index contributed by atoms with van der Waals surface area (Å²) in [5.74, 6) is -0.0741. The number of amides is 1. The van der Waals surface area contributed by atoms with Gasteiger partial charge in [0.1, 0.15) is 5.82 Å². The molecule has 0 aliphatic carbocycles. The monoisotopic (exact) mass is 413 g/mol. The number of anilines is 1. The predicted molar refractivity (Wildman–Crippen MR) is 91.1 cm³/mol. The van der Waals surface area contributed by atoms with E-state index in [9.17, 15) is 9.18 Å². The summed E-state index contributed by atoms with van der Waals surface area (Å²) in [7, 11) is 0. The second-order valence-corrected chi connectivity index (χ2v) is 7.82. The number of benzene rings is 1. The van der Waals surface area contributed by atoms with Gasteiger partial charge in [0, 0.05) is 4.90 Å². The van der Waals surface area contributed by atoms with Gasteiger partial charge < -0.3 is 4.42 Å². The van der Waals surface area contributed by atoms with Gasteiger partial charge in [0.2, 0.25) is 5.91 Å². The van der Waals surface area contributed by atoms with Crippen LogP contribution in [-0.2, 0) is 4.79 Å². The van der Waals surface area contributed by atoms with E-state index in [1.54, 1.807) is 12.1 Å². The average molecular weight is 414 g/mol. The molecule has 1 N–H and O–H groups in total. The number of nitrogens with zero attached hydrogens (tertiary/aromatic N) is 2. The van der Waals surface area contributed by atoms with Crippen LogP contribution in [0.4, 0.5) is 10.4 Å². The number of hydrogen-bond acceptors (Lipinski definition) is 6. The van der Waals surface area contributed by atoms with E-state index in [1.807, 2.05) is 12.1 Å². The smallest absolute Gasteiger partial charge is 0.322 e. The third-order valence-electron chi connectivity index (χ3n) is 2.64. The predicted octanol–water partition coefficient (Wildman–Crippen LogP) is 4.43. The number of rotatable bonds is 5. The van der Waals surface area contributed by atoms with Crippen LogP contribution in [0.15, 0.2) is 49.5 Å². The molecule has 3 aromatic rings. The van der Waals surface area contributed by atoms with E-state index in [0.29, 0.717) is 5.89 Å². The number of thioether (sulfide) groups is 1. The van der Waals surface area contributed by atoms with Gasteiger partial charge in [-0.1, -0.05) is 5.10 Å². The van der Waals surface area contributed by atoms with Crippen LogP contribution in [0.25, 0.3) is 10.8 Å². The highest BCUT2D eigenvalue weighted by molar-refractivity contribution is 9.11. The van der Waals surface area contributed by atoms with Gasteiger partial charge in [-0.25, -0.2) is 4.39 Å². The summed E-state index contributed by atoms with van der Waals surface area (Å²) in [6.45, 7) is 0. The Labute approximate surface area is 147 Å². The van der Waals surface area contributed by atoms with Crippen molar-refractivity contribution in [2.24, 2.45) is 0 Å². The molecule has 5 nitrogen and oxygen atoms in total. The van der Waals surface area contributed by atoms with Crippen molar-refractivity contribution in [3.63, 3.8) is 0 Å². The quantitative estimate of drug-likeness (QED) is 0.626. The third-order valence-corrected chi connectivity index (χ3v) is 5.26. The molecule has 0 fully saturated rings. The van der Waals surface area contributed by atoms with Crippen molar-refractivity contribution in [1.29, 1.82) is 0 Å². The fourth-order valence-electron chi connectivity index (χ4n) is 1.64. The highest BCUT2D eigenvalue weighted by atomic mass is 79.9. The third kappa shape index (κ3) is 4.40. The van der Waals surface area contributed by atoms with Crippen molar-refractivity contribution in [2.45, 2.75) is 4.90 Å². The Bertz CT molecular complexity index is 820. The molecule has 1 aromatic carbocycles. The molecule has 0 radical (unpaired) electrons. The average Bonchev–Trinajstić information content (AvgIpc) is 3.16. The molecule has 0 saturated heterocycles. The SMILES string of the molecule is O=C(CSc1ccc(F)cc1)Nc1nnc(-c2ccc(Br)s2)o1. The fourth-order valence-corrected chi connectivity index (χ4v) is 3.64. The maximum absolute atomic E-state index is 12.8. The zero-order chi connectivity index (χ0) is 16.2. The van der Waals surface area contributed by atoms with Crippen molar-refractivity contribution < 1.29 is 13.6 Å². The minimum Gasteiger partial charge on any atom is -0.402 e. The largest absolute Gasteiger partial charge is 0.402 e. The molecule has 0 saturated carbocycles. The molecule has 9 heteroatoms. The number of halogens is 2. The fraction of sp³-hybridized carbons (Fsp3) is 0.0714. The molecular weight excluding hydrogens is 405 g/mol. The molecule has 2 aromatic heterocycles. The molecule has 0 aliphatic heterocycles. The van der Waals surface area contributed by atoms with E-state index in [0.717, 1.165) is 13.6 Å². The number of thiophene rings is 1. The molecule has 0 bridgehead atoms. The maximum atomic E-state index is 12.8. The van der Waals surface area contributed by atoms with Crippen LogP contribution < -0.4 is 5.32 Å². The number of carbonyl (C=O) groups excluding carboxylic acids is 1. The highest BCUT2D eigenvalue weighted by Crippen LogP contribution is 2.31. The molecule has 0 unspecified atom stereocenters. The van der Waals surface area contributed by atoms with E-state index in [2.05, 4.69) is 31.4 Å². The van der Waals surface area contributed by atoms with Crippen LogP contribution in [0.2, 0.25) is 0 Å². The molecule has 1 amide bonds. The molecule has 0 aliphatic rings. The zero-order valence-corrected chi connectivity index (χ0v) is 14.7. The van der Waals surface area contributed by atoms with Crippen molar-refractivity contribution >= 4 is 51.0 Å². The van der Waals surface area contributed by atoms with Gasteiger partial charge >= 0.3 is 6.01 Å². The van der Waals surface area contributed by atoms with Crippen molar-refractivity contribution in [3.05, 3.63) is 46.0 Å². The molecule has 2 heterocycles. The van der Waals surface area contributed by atoms with E-state index in [4.69, 9.17) is 4.42 Å². The summed E-state index contributed by atoms with van der Waals surface area (Å²) < 4.78 is 19.1. The minimum atomic E-state index is -0.308. The first kappa shape index (κ1) is 16.2. The van der Waals surface area contributed by atoms with Gasteiger partial charge in [0.05, 0.1) is 14.4 Å². The standard InChI is InChI=1S/C14H9BrFN3O2S2/c15-11-6-5-10(23-11)13-18-19-14(21-13)17-12(20)7-22-9-3-1-8(16)2-4-9/h1-6H,7H2,(H,17,19,20). The Morgan fingerprint density at radius 3 is 2.74 bits per heavy atom. The second kappa shape index (κ2) is 7.24. The Hall–Kier alpha value is -1.71. The van der Waals surface area contributed by atoms with Crippen molar-refractivity contribution in [3.8, 4) is 10.8 Å². The summed E-state index contributed by atoms with van der Waals surface area (Å²) in [5.41, 5.74) is 0. The highest BCUT2D eigenvalue weighted by Gasteiger charge is 2.13. The lowest BCUT2D eigenvalue weighted by molar-refractivity contribution is -0.113. The Morgan fingerprint density at radius 1 is 1.26 bits per heavy atom. The molecular formula is C14H9BrFN3O2S2. The first-order valence-electron chi connectivity index (χ1n) is 6.37. The molecule has 0 spiro atoms. The molecule has 118 valence electrons. The van der Waals surface area contributed by atoms with Crippen LogP contribution in [-0.4, -0.2) is 21.9 Å². The Kier molecular flexibility index (Phi) is 5.09. The summed E-state index contributed by atoms with van der Waals surface area (Å²) in [6, 6.07) is 9.71. The number of aromatic nitrogens is 2. The lowest BCUT2D eigenvalue weighted by Crippen LogP contribution is -2.14. The Morgan fingerprint density at radius 2 is 2.04 bits per heavy atom. The molecule has 23 heavy (non-hydrogen) atoms. The number of nitrogens with one attached hydrogen (secondary N) is 1. The van der Waals surface area contributed by atoms with Gasteiger partial charge in [-0.2, -0.15) is 0 Å². The topological polar surface area (TPSA) is 68.0 Å². The lowest BCUT2D eigenvalue weighted by atomic mass is 10.4. The molecule has 3 rings (SSSR count). The van der Waals surface area contributed by atoms with Crippen molar-refractivity contribution in [2.75, 3.05) is 11.1 Å². The zero-order valence-electron chi connectivity index (χ0n) is 11.5. The summed E-state index contributed by atoms with van der Waals surface area (Å²) in [6.07, 6.45) is 0. The van der Waals surface area contributed by atoms with Crippen LogP contribution in [0.3, 0.4) is 0 Å². The van der Waals surface area contributed by atoms with Crippen LogP contribution in [0, 0.1) is 5.82 Å². The first-order valence-corrected chi connectivity index (χ1v) is 8.97. The van der Waals surface area contributed by atoms with Gasteiger partial charge in [-0.05, 0) is 52.3 Å². The van der Waals surface area contributed by atoms with Crippen LogP contribution >= 0.6 is 39.0 Å². The Balaban J connectivity index is 1.56. The van der Waals surface area contributed by atoms with Crippen LogP contribution in [0.1, 0.15) is 0 Å². The summed E-state index contributed by atoms with van der Waals surface area (Å²) in [5, 5.41) is 10.2. The van der Waals surface area contributed by atoms with E-state index < -0.39 is 0 Å². The van der Waals surface area contributed by atoms with Gasteiger partial charge in [-0.15, -0.1) is 28.2 Å². The minimum absolute atomic E-state index is 0.0502. The number of carbonyl (C=O) groups is 1. The molecule has 0 atom stereocenters. The first-order chi connectivity index (χ1) is 11.1. The maximum Gasteiger partial charge on any atom is 0.322 e. The number of hydrogen-bond donors (Lipinski definition) is 1. The second-order valence-electron chi connectivity index (χ2n) is 4.31. The van der Waals surface area contributed by atoms with Gasteiger partial charge in [0.25, 0.3) is 5.89 Å².